The van der Waals surface area contributed by atoms with Crippen molar-refractivity contribution in [3.8, 4) is 11.4 Å². The minimum atomic E-state index is 0.180. The second kappa shape index (κ2) is 4.88. The zero-order valence-corrected chi connectivity index (χ0v) is 10.2. The Bertz CT molecular complexity index is 512. The van der Waals surface area contributed by atoms with Gasteiger partial charge in [0.1, 0.15) is 5.69 Å². The van der Waals surface area contributed by atoms with E-state index in [1.54, 1.807) is 13.3 Å². The quantitative estimate of drug-likeness (QED) is 0.893. The molecule has 0 saturated carbocycles. The zero-order chi connectivity index (χ0) is 12.4. The number of hydrogen-bond acceptors (Lipinski definition) is 5. The van der Waals surface area contributed by atoms with Crippen LogP contribution in [-0.2, 0) is 4.74 Å². The third-order valence-electron chi connectivity index (χ3n) is 3.22. The van der Waals surface area contributed by atoms with E-state index < -0.39 is 0 Å². The largest absolute Gasteiger partial charge is 0.380 e. The van der Waals surface area contributed by atoms with Crippen LogP contribution in [0.3, 0.4) is 0 Å². The van der Waals surface area contributed by atoms with Crippen molar-refractivity contribution >= 4 is 0 Å². The van der Waals surface area contributed by atoms with Gasteiger partial charge in [0.05, 0.1) is 17.8 Å². The third-order valence-corrected chi connectivity index (χ3v) is 3.22. The second-order valence-electron chi connectivity index (χ2n) is 4.38. The molecule has 0 aromatic carbocycles. The molecule has 1 N–H and O–H groups in total. The van der Waals surface area contributed by atoms with Gasteiger partial charge in [-0.15, -0.1) is 0 Å². The maximum atomic E-state index is 5.39. The van der Waals surface area contributed by atoms with Crippen molar-refractivity contribution in [1.29, 1.82) is 0 Å². The smallest absolute Gasteiger partial charge is 0.154 e. The molecule has 3 heterocycles. The summed E-state index contributed by atoms with van der Waals surface area (Å²) >= 11 is 0. The number of nitrogens with zero attached hydrogens (tertiary/aromatic N) is 2. The molecule has 1 saturated heterocycles. The van der Waals surface area contributed by atoms with E-state index in [1.807, 2.05) is 24.3 Å². The molecule has 2 aromatic heterocycles. The molecule has 2 aromatic rings. The van der Waals surface area contributed by atoms with Gasteiger partial charge in [-0.2, -0.15) is 0 Å². The number of pyridine rings is 1. The lowest BCUT2D eigenvalue weighted by Gasteiger charge is -2.04. The van der Waals surface area contributed by atoms with Gasteiger partial charge in [0, 0.05) is 25.9 Å². The number of aromatic nitrogens is 2. The minimum Gasteiger partial charge on any atom is -0.380 e. The zero-order valence-electron chi connectivity index (χ0n) is 10.2. The van der Waals surface area contributed by atoms with Crippen LogP contribution >= 0.6 is 0 Å². The first-order valence-corrected chi connectivity index (χ1v) is 6.01. The number of hydrogen-bond donors (Lipinski definition) is 1. The summed E-state index contributed by atoms with van der Waals surface area (Å²) in [6.07, 6.45) is 2.91. The summed E-state index contributed by atoms with van der Waals surface area (Å²) in [7, 11) is 1.73. The van der Waals surface area contributed by atoms with Crippen molar-refractivity contribution in [2.75, 3.05) is 13.7 Å². The van der Waals surface area contributed by atoms with Crippen LogP contribution < -0.4 is 5.32 Å². The molecule has 94 valence electrons. The Balaban J connectivity index is 1.78. The predicted molar refractivity (Wildman–Crippen MR) is 65.9 cm³/mol. The molecule has 0 radical (unpaired) electrons. The third kappa shape index (κ3) is 2.14. The van der Waals surface area contributed by atoms with Gasteiger partial charge in [0.15, 0.2) is 5.76 Å². The van der Waals surface area contributed by atoms with Crippen LogP contribution in [0.4, 0.5) is 0 Å². The average molecular weight is 245 g/mol. The first-order chi connectivity index (χ1) is 8.86. The molecule has 3 rings (SSSR count). The molecule has 5 heteroatoms. The van der Waals surface area contributed by atoms with E-state index in [4.69, 9.17) is 9.26 Å². The molecule has 1 fully saturated rings. The Labute approximate surface area is 105 Å². The Kier molecular flexibility index (Phi) is 3.08. The molecule has 0 bridgehead atoms. The van der Waals surface area contributed by atoms with Gasteiger partial charge in [0.25, 0.3) is 0 Å². The van der Waals surface area contributed by atoms with Crippen molar-refractivity contribution in [2.45, 2.75) is 18.6 Å². The molecule has 0 spiro atoms. The fourth-order valence-corrected chi connectivity index (χ4v) is 2.19. The molecule has 0 unspecified atom stereocenters. The van der Waals surface area contributed by atoms with E-state index >= 15 is 0 Å². The number of ether oxygens (including phenoxy) is 1. The lowest BCUT2D eigenvalue weighted by atomic mass is 10.1. The van der Waals surface area contributed by atoms with E-state index in [9.17, 15) is 0 Å². The Morgan fingerprint density at radius 1 is 1.39 bits per heavy atom. The fraction of sp³-hybridized carbons (Fsp3) is 0.385. The maximum absolute atomic E-state index is 5.39. The van der Waals surface area contributed by atoms with Crippen molar-refractivity contribution < 1.29 is 9.26 Å². The molecule has 18 heavy (non-hydrogen) atoms. The fourth-order valence-electron chi connectivity index (χ4n) is 2.19. The van der Waals surface area contributed by atoms with Crippen LogP contribution in [-0.4, -0.2) is 29.9 Å². The Morgan fingerprint density at radius 3 is 3.06 bits per heavy atom. The summed E-state index contributed by atoms with van der Waals surface area (Å²) < 4.78 is 10.7. The van der Waals surface area contributed by atoms with Gasteiger partial charge < -0.3 is 14.6 Å². The Morgan fingerprint density at radius 2 is 2.33 bits per heavy atom. The molecule has 2 atom stereocenters. The predicted octanol–water partition coefficient (Wildman–Crippen LogP) is 1.79. The van der Waals surface area contributed by atoms with Gasteiger partial charge in [-0.05, 0) is 18.6 Å². The molecular weight excluding hydrogens is 230 g/mol. The molecule has 1 aliphatic rings. The van der Waals surface area contributed by atoms with Crippen LogP contribution in [0, 0.1) is 0 Å². The molecule has 0 aliphatic carbocycles. The molecular formula is C13H15N3O2. The van der Waals surface area contributed by atoms with E-state index in [2.05, 4.69) is 15.5 Å². The molecule has 1 aliphatic heterocycles. The highest BCUT2D eigenvalue weighted by Crippen LogP contribution is 2.27. The number of nitrogens with one attached hydrogen (secondary N) is 1. The van der Waals surface area contributed by atoms with E-state index in [-0.39, 0.29) is 12.1 Å². The summed E-state index contributed by atoms with van der Waals surface area (Å²) in [5.41, 5.74) is 1.60. The lowest BCUT2D eigenvalue weighted by molar-refractivity contribution is 0.116. The van der Waals surface area contributed by atoms with E-state index in [0.717, 1.165) is 30.1 Å². The van der Waals surface area contributed by atoms with Crippen LogP contribution in [0.5, 0.6) is 0 Å². The molecule has 5 nitrogen and oxygen atoms in total. The lowest BCUT2D eigenvalue weighted by Crippen LogP contribution is -2.15. The van der Waals surface area contributed by atoms with E-state index in [0.29, 0.717) is 0 Å². The van der Waals surface area contributed by atoms with Crippen LogP contribution in [0.25, 0.3) is 11.4 Å². The van der Waals surface area contributed by atoms with Gasteiger partial charge in [-0.25, -0.2) is 0 Å². The highest BCUT2D eigenvalue weighted by molar-refractivity contribution is 5.53. The highest BCUT2D eigenvalue weighted by atomic mass is 16.5. The van der Waals surface area contributed by atoms with Gasteiger partial charge in [-0.3, -0.25) is 4.98 Å². The van der Waals surface area contributed by atoms with Crippen molar-refractivity contribution in [2.24, 2.45) is 0 Å². The minimum absolute atomic E-state index is 0.180. The monoisotopic (exact) mass is 245 g/mol. The van der Waals surface area contributed by atoms with Crippen molar-refractivity contribution in [1.82, 2.24) is 15.5 Å². The maximum Gasteiger partial charge on any atom is 0.154 e. The second-order valence-corrected chi connectivity index (χ2v) is 4.38. The summed E-state index contributed by atoms with van der Waals surface area (Å²) in [6.45, 7) is 0.848. The van der Waals surface area contributed by atoms with Gasteiger partial charge >= 0.3 is 0 Å². The number of rotatable bonds is 3. The molecule has 0 amide bonds. The number of methoxy groups -OCH3 is 1. The SMILES string of the molecule is CO[C@H]1CN[C@H](c2cc(-c3ccccn3)no2)C1. The van der Waals surface area contributed by atoms with Gasteiger partial charge in [0.2, 0.25) is 0 Å². The summed E-state index contributed by atoms with van der Waals surface area (Å²) in [4.78, 5) is 4.25. The highest BCUT2D eigenvalue weighted by Gasteiger charge is 2.28. The summed E-state index contributed by atoms with van der Waals surface area (Å²) in [5.74, 6) is 0.843. The van der Waals surface area contributed by atoms with E-state index in [1.165, 1.54) is 0 Å². The van der Waals surface area contributed by atoms with Crippen LogP contribution in [0.2, 0.25) is 0 Å². The van der Waals surface area contributed by atoms with Gasteiger partial charge in [-0.1, -0.05) is 11.2 Å². The summed E-state index contributed by atoms with van der Waals surface area (Å²) in [6, 6.07) is 7.86. The van der Waals surface area contributed by atoms with Crippen molar-refractivity contribution in [3.63, 3.8) is 0 Å². The first-order valence-electron chi connectivity index (χ1n) is 6.01. The van der Waals surface area contributed by atoms with Crippen LogP contribution in [0.1, 0.15) is 18.2 Å². The standard InChI is InChI=1S/C13H15N3O2/c1-17-9-6-12(15-8-9)13-7-11(16-18-13)10-4-2-3-5-14-10/h2-5,7,9,12,15H,6,8H2,1H3/t9-,12+/m1/s1. The average Bonchev–Trinajstić information content (AvgIpc) is 3.08. The topological polar surface area (TPSA) is 60.2 Å². The summed E-state index contributed by atoms with van der Waals surface area (Å²) in [5, 5.41) is 7.42. The van der Waals surface area contributed by atoms with Crippen molar-refractivity contribution in [3.05, 3.63) is 36.2 Å². The normalized spacial score (nSPS) is 23.4. The first kappa shape index (κ1) is 11.4. The Hall–Kier alpha value is -1.72. The van der Waals surface area contributed by atoms with Crippen LogP contribution in [0.15, 0.2) is 35.0 Å².